The van der Waals surface area contributed by atoms with Crippen LogP contribution < -0.4 is 20.3 Å². The Morgan fingerprint density at radius 3 is 2.19 bits per heavy atom. The number of rotatable bonds is 7. The summed E-state index contributed by atoms with van der Waals surface area (Å²) in [7, 11) is 1.55. The number of methoxy groups -OCH3 is 1. The number of carbonyl (C=O) groups is 2. The molecule has 2 rings (SSSR count). The monoisotopic (exact) mass is 420 g/mol. The molecule has 0 fully saturated rings. The van der Waals surface area contributed by atoms with E-state index in [9.17, 15) is 9.59 Å². The summed E-state index contributed by atoms with van der Waals surface area (Å²) in [5, 5.41) is 0. The third kappa shape index (κ3) is 5.49. The summed E-state index contributed by atoms with van der Waals surface area (Å²) in [4.78, 5) is 24.2. The van der Waals surface area contributed by atoms with Crippen molar-refractivity contribution in [1.29, 1.82) is 0 Å². The molecule has 7 heteroatoms. The summed E-state index contributed by atoms with van der Waals surface area (Å²) in [6, 6.07) is 11.6. The van der Waals surface area contributed by atoms with Gasteiger partial charge in [-0.1, -0.05) is 13.3 Å². The molecule has 0 saturated heterocycles. The van der Waals surface area contributed by atoms with Gasteiger partial charge in [0.15, 0.2) is 0 Å². The third-order valence-electron chi connectivity index (χ3n) is 3.59. The highest BCUT2D eigenvalue weighted by Gasteiger charge is 2.11. The van der Waals surface area contributed by atoms with Crippen LogP contribution in [0.15, 0.2) is 46.9 Å². The topological polar surface area (TPSA) is 76.7 Å². The number of amides is 2. The lowest BCUT2D eigenvalue weighted by Crippen LogP contribution is -2.41. The van der Waals surface area contributed by atoms with Gasteiger partial charge >= 0.3 is 0 Å². The second kappa shape index (κ2) is 9.82. The smallest absolute Gasteiger partial charge is 0.269 e. The van der Waals surface area contributed by atoms with Gasteiger partial charge in [0.25, 0.3) is 11.8 Å². The first kappa shape index (κ1) is 19.8. The van der Waals surface area contributed by atoms with E-state index in [1.165, 1.54) is 0 Å². The van der Waals surface area contributed by atoms with Crippen LogP contribution in [-0.4, -0.2) is 25.5 Å². The summed E-state index contributed by atoms with van der Waals surface area (Å²) in [5.41, 5.74) is 5.59. The van der Waals surface area contributed by atoms with Crippen molar-refractivity contribution in [2.75, 3.05) is 13.7 Å². The largest absolute Gasteiger partial charge is 0.497 e. The number of ether oxygens (including phenoxy) is 2. The van der Waals surface area contributed by atoms with E-state index < -0.39 is 11.8 Å². The van der Waals surface area contributed by atoms with Gasteiger partial charge in [-0.15, -0.1) is 0 Å². The minimum Gasteiger partial charge on any atom is -0.497 e. The van der Waals surface area contributed by atoms with E-state index in [0.717, 1.165) is 12.8 Å². The van der Waals surface area contributed by atoms with E-state index in [2.05, 4.69) is 33.7 Å². The highest BCUT2D eigenvalue weighted by atomic mass is 79.9. The third-order valence-corrected chi connectivity index (χ3v) is 4.21. The zero-order chi connectivity index (χ0) is 18.9. The fourth-order valence-electron chi connectivity index (χ4n) is 2.09. The Kier molecular flexibility index (Phi) is 7.47. The van der Waals surface area contributed by atoms with Crippen LogP contribution >= 0.6 is 15.9 Å². The summed E-state index contributed by atoms with van der Waals surface area (Å²) in [6.07, 6.45) is 2.01. The van der Waals surface area contributed by atoms with Crippen molar-refractivity contribution in [3.8, 4) is 11.5 Å². The lowest BCUT2D eigenvalue weighted by molar-refractivity contribution is 0.0846. The summed E-state index contributed by atoms with van der Waals surface area (Å²) in [6.45, 7) is 2.71. The molecule has 0 saturated carbocycles. The van der Waals surface area contributed by atoms with Gasteiger partial charge in [-0.25, -0.2) is 0 Å². The van der Waals surface area contributed by atoms with Gasteiger partial charge in [0.1, 0.15) is 11.5 Å². The molecule has 0 bridgehead atoms. The average Bonchev–Trinajstić information content (AvgIpc) is 2.67. The standard InChI is InChI=1S/C19H21BrN2O4/c1-3-4-11-26-17-10-7-14(12-16(17)20)19(24)22-21-18(23)13-5-8-15(25-2)9-6-13/h5-10,12H,3-4,11H2,1-2H3,(H,21,23)(H,22,24). The Bertz CT molecular complexity index is 763. The van der Waals surface area contributed by atoms with Gasteiger partial charge in [-0.2, -0.15) is 0 Å². The normalized spacial score (nSPS) is 10.1. The molecule has 0 aliphatic rings. The van der Waals surface area contributed by atoms with Gasteiger partial charge in [0.2, 0.25) is 0 Å². The first-order valence-corrected chi connectivity index (χ1v) is 9.01. The second-order valence-electron chi connectivity index (χ2n) is 5.48. The molecular formula is C19H21BrN2O4. The summed E-state index contributed by atoms with van der Waals surface area (Å²) >= 11 is 3.39. The maximum Gasteiger partial charge on any atom is 0.269 e. The first-order valence-electron chi connectivity index (χ1n) is 8.22. The number of hydrogen-bond acceptors (Lipinski definition) is 4. The van der Waals surface area contributed by atoms with Crippen LogP contribution in [-0.2, 0) is 0 Å². The molecule has 0 unspecified atom stereocenters. The SMILES string of the molecule is CCCCOc1ccc(C(=O)NNC(=O)c2ccc(OC)cc2)cc1Br. The minimum atomic E-state index is -0.423. The number of hydrogen-bond donors (Lipinski definition) is 2. The van der Waals surface area contributed by atoms with E-state index in [-0.39, 0.29) is 0 Å². The van der Waals surface area contributed by atoms with E-state index in [4.69, 9.17) is 9.47 Å². The Hall–Kier alpha value is -2.54. The molecule has 2 amide bonds. The molecule has 0 aromatic heterocycles. The molecule has 2 aromatic carbocycles. The highest BCUT2D eigenvalue weighted by Crippen LogP contribution is 2.26. The number of halogens is 1. The molecule has 0 heterocycles. The number of hydrazine groups is 1. The molecule has 0 spiro atoms. The quantitative estimate of drug-likeness (QED) is 0.528. The van der Waals surface area contributed by atoms with Crippen molar-refractivity contribution in [2.24, 2.45) is 0 Å². The van der Waals surface area contributed by atoms with Gasteiger partial charge in [0.05, 0.1) is 18.2 Å². The van der Waals surface area contributed by atoms with Gasteiger partial charge in [0, 0.05) is 11.1 Å². The fourth-order valence-corrected chi connectivity index (χ4v) is 2.58. The number of benzene rings is 2. The van der Waals surface area contributed by atoms with E-state index in [1.54, 1.807) is 49.6 Å². The molecule has 2 aromatic rings. The van der Waals surface area contributed by atoms with Gasteiger partial charge in [-0.05, 0) is 64.8 Å². The van der Waals surface area contributed by atoms with E-state index in [1.807, 2.05) is 0 Å². The molecule has 0 aliphatic heterocycles. The average molecular weight is 421 g/mol. The van der Waals surface area contributed by atoms with Crippen molar-refractivity contribution in [1.82, 2.24) is 10.9 Å². The van der Waals surface area contributed by atoms with Crippen LogP contribution in [0.4, 0.5) is 0 Å². The number of nitrogens with one attached hydrogen (secondary N) is 2. The van der Waals surface area contributed by atoms with E-state index >= 15 is 0 Å². The Labute approximate surface area is 161 Å². The van der Waals surface area contributed by atoms with Crippen molar-refractivity contribution >= 4 is 27.7 Å². The van der Waals surface area contributed by atoms with Crippen molar-refractivity contribution in [3.05, 3.63) is 58.1 Å². The predicted octanol–water partition coefficient (Wildman–Crippen LogP) is 3.71. The summed E-state index contributed by atoms with van der Waals surface area (Å²) in [5.74, 6) is 0.487. The molecule has 0 atom stereocenters. The Morgan fingerprint density at radius 2 is 1.62 bits per heavy atom. The Morgan fingerprint density at radius 1 is 1.00 bits per heavy atom. The molecule has 0 radical (unpaired) electrons. The van der Waals surface area contributed by atoms with Crippen LogP contribution in [0.3, 0.4) is 0 Å². The highest BCUT2D eigenvalue weighted by molar-refractivity contribution is 9.10. The van der Waals surface area contributed by atoms with Crippen LogP contribution in [0.5, 0.6) is 11.5 Å². The van der Waals surface area contributed by atoms with Crippen LogP contribution in [0, 0.1) is 0 Å². The number of carbonyl (C=O) groups excluding carboxylic acids is 2. The molecule has 6 nitrogen and oxygen atoms in total. The van der Waals surface area contributed by atoms with Gasteiger partial charge < -0.3 is 9.47 Å². The molecule has 138 valence electrons. The summed E-state index contributed by atoms with van der Waals surface area (Å²) < 4.78 is 11.4. The first-order chi connectivity index (χ1) is 12.5. The zero-order valence-electron chi connectivity index (χ0n) is 14.7. The fraction of sp³-hybridized carbons (Fsp3) is 0.263. The minimum absolute atomic E-state index is 0.398. The van der Waals surface area contributed by atoms with Crippen molar-refractivity contribution in [2.45, 2.75) is 19.8 Å². The van der Waals surface area contributed by atoms with Gasteiger partial charge in [-0.3, -0.25) is 20.4 Å². The van der Waals surface area contributed by atoms with Crippen LogP contribution in [0.1, 0.15) is 40.5 Å². The van der Waals surface area contributed by atoms with E-state index in [0.29, 0.717) is 33.7 Å². The van der Waals surface area contributed by atoms with Crippen molar-refractivity contribution in [3.63, 3.8) is 0 Å². The molecule has 26 heavy (non-hydrogen) atoms. The van der Waals surface area contributed by atoms with Crippen LogP contribution in [0.25, 0.3) is 0 Å². The lowest BCUT2D eigenvalue weighted by atomic mass is 10.2. The van der Waals surface area contributed by atoms with Crippen molar-refractivity contribution < 1.29 is 19.1 Å². The zero-order valence-corrected chi connectivity index (χ0v) is 16.3. The maximum absolute atomic E-state index is 12.2. The predicted molar refractivity (Wildman–Crippen MR) is 102 cm³/mol. The van der Waals surface area contributed by atoms with Crippen LogP contribution in [0.2, 0.25) is 0 Å². The lowest BCUT2D eigenvalue weighted by Gasteiger charge is -2.10. The maximum atomic E-state index is 12.2. The molecular weight excluding hydrogens is 400 g/mol. The number of unbranched alkanes of at least 4 members (excludes halogenated alkanes) is 1. The second-order valence-corrected chi connectivity index (χ2v) is 6.34. The molecule has 0 aliphatic carbocycles. The Balaban J connectivity index is 1.92. The molecule has 2 N–H and O–H groups in total.